The molecule has 0 bridgehead atoms. The Hall–Kier alpha value is -1.90. The second kappa shape index (κ2) is 4.09. The van der Waals surface area contributed by atoms with Crippen molar-refractivity contribution < 1.29 is 4.74 Å². The Labute approximate surface area is 88.2 Å². The second-order valence-corrected chi connectivity index (χ2v) is 3.28. The summed E-state index contributed by atoms with van der Waals surface area (Å²) < 4.78 is 5.26. The Morgan fingerprint density at radius 3 is 2.73 bits per heavy atom. The van der Waals surface area contributed by atoms with Gasteiger partial charge in [0.2, 0.25) is 0 Å². The second-order valence-electron chi connectivity index (χ2n) is 3.28. The fourth-order valence-electron chi connectivity index (χ4n) is 1.75. The Morgan fingerprint density at radius 2 is 2.00 bits per heavy atom. The maximum atomic E-state index is 6.96. The molecule has 0 aromatic heterocycles. The molecule has 0 saturated carbocycles. The smallest absolute Gasteiger partial charge is 0.124 e. The van der Waals surface area contributed by atoms with Crippen molar-refractivity contribution in [2.75, 3.05) is 7.11 Å². The number of hydrogen-bond acceptors (Lipinski definition) is 3. The van der Waals surface area contributed by atoms with Crippen LogP contribution >= 0.6 is 0 Å². The molecule has 0 fully saturated rings. The zero-order valence-electron chi connectivity index (χ0n) is 8.53. The number of fused-ring (bicyclic) bond motifs is 1. The highest BCUT2D eigenvalue weighted by atomic mass is 16.5. The number of methoxy groups -OCH3 is 1. The Bertz CT molecular complexity index is 494. The van der Waals surface area contributed by atoms with Crippen molar-refractivity contribution in [2.45, 2.75) is 6.54 Å². The lowest BCUT2D eigenvalue weighted by Gasteiger charge is -2.09. The third-order valence-corrected chi connectivity index (χ3v) is 2.45. The lowest BCUT2D eigenvalue weighted by molar-refractivity contribution is 0.410. The zero-order chi connectivity index (χ0) is 10.7. The SMILES string of the molecule is COc1ccc2ccccc2c1CN=N. The van der Waals surface area contributed by atoms with Gasteiger partial charge in [-0.2, -0.15) is 5.11 Å². The summed E-state index contributed by atoms with van der Waals surface area (Å²) in [6.45, 7) is 0.366. The average molecular weight is 200 g/mol. The summed E-state index contributed by atoms with van der Waals surface area (Å²) in [6.07, 6.45) is 0. The molecule has 1 N–H and O–H groups in total. The van der Waals surface area contributed by atoms with Gasteiger partial charge in [-0.25, -0.2) is 5.53 Å². The molecule has 0 aliphatic carbocycles. The van der Waals surface area contributed by atoms with Gasteiger partial charge in [0.1, 0.15) is 5.75 Å². The molecule has 2 rings (SSSR count). The monoisotopic (exact) mass is 200 g/mol. The minimum Gasteiger partial charge on any atom is -0.496 e. The summed E-state index contributed by atoms with van der Waals surface area (Å²) in [5.74, 6) is 0.796. The van der Waals surface area contributed by atoms with Crippen LogP contribution in [0.25, 0.3) is 10.8 Å². The molecule has 0 spiro atoms. The molecule has 0 aliphatic heterocycles. The van der Waals surface area contributed by atoms with Crippen LogP contribution in [-0.2, 0) is 6.54 Å². The quantitative estimate of drug-likeness (QED) is 0.758. The van der Waals surface area contributed by atoms with Crippen molar-refractivity contribution in [1.29, 1.82) is 5.53 Å². The summed E-state index contributed by atoms with van der Waals surface area (Å²) in [4.78, 5) is 0. The van der Waals surface area contributed by atoms with Gasteiger partial charge in [0.15, 0.2) is 0 Å². The first kappa shape index (κ1) is 9.65. The van der Waals surface area contributed by atoms with Gasteiger partial charge in [-0.1, -0.05) is 30.3 Å². The van der Waals surface area contributed by atoms with Crippen molar-refractivity contribution in [3.63, 3.8) is 0 Å². The summed E-state index contributed by atoms with van der Waals surface area (Å²) in [5.41, 5.74) is 7.93. The van der Waals surface area contributed by atoms with Gasteiger partial charge in [0.05, 0.1) is 13.7 Å². The van der Waals surface area contributed by atoms with Gasteiger partial charge < -0.3 is 4.74 Å². The molecule has 0 atom stereocenters. The van der Waals surface area contributed by atoms with Gasteiger partial charge >= 0.3 is 0 Å². The van der Waals surface area contributed by atoms with Crippen LogP contribution in [0.5, 0.6) is 5.75 Å². The van der Waals surface area contributed by atoms with E-state index in [0.717, 1.165) is 22.1 Å². The van der Waals surface area contributed by atoms with Crippen molar-refractivity contribution in [3.8, 4) is 5.75 Å². The van der Waals surface area contributed by atoms with Crippen LogP contribution in [0.2, 0.25) is 0 Å². The summed E-state index contributed by atoms with van der Waals surface area (Å²) >= 11 is 0. The van der Waals surface area contributed by atoms with Gasteiger partial charge in [-0.3, -0.25) is 0 Å². The third kappa shape index (κ3) is 1.68. The van der Waals surface area contributed by atoms with Crippen LogP contribution in [-0.4, -0.2) is 7.11 Å². The van der Waals surface area contributed by atoms with Crippen LogP contribution in [0, 0.1) is 5.53 Å². The zero-order valence-corrected chi connectivity index (χ0v) is 8.53. The van der Waals surface area contributed by atoms with Gasteiger partial charge in [0, 0.05) is 5.56 Å². The Kier molecular flexibility index (Phi) is 2.63. The molecule has 0 aliphatic rings. The predicted octanol–water partition coefficient (Wildman–Crippen LogP) is 3.38. The van der Waals surface area contributed by atoms with E-state index in [4.69, 9.17) is 10.3 Å². The van der Waals surface area contributed by atoms with Crippen LogP contribution in [0.4, 0.5) is 0 Å². The van der Waals surface area contributed by atoms with E-state index in [1.807, 2.05) is 36.4 Å². The van der Waals surface area contributed by atoms with Crippen LogP contribution < -0.4 is 4.74 Å². The van der Waals surface area contributed by atoms with Gasteiger partial charge in [-0.05, 0) is 16.8 Å². The number of nitrogens with zero attached hydrogens (tertiary/aromatic N) is 1. The fourth-order valence-corrected chi connectivity index (χ4v) is 1.75. The molecule has 3 nitrogen and oxygen atoms in total. The van der Waals surface area contributed by atoms with E-state index >= 15 is 0 Å². The highest BCUT2D eigenvalue weighted by Gasteiger charge is 2.06. The molecule has 3 heteroatoms. The minimum absolute atomic E-state index is 0.366. The van der Waals surface area contributed by atoms with Crippen LogP contribution in [0.3, 0.4) is 0 Å². The molecule has 0 radical (unpaired) electrons. The van der Waals surface area contributed by atoms with E-state index in [1.165, 1.54) is 0 Å². The standard InChI is InChI=1S/C12H12N2O/c1-15-12-7-6-9-4-2-3-5-10(9)11(12)8-14-13/h2-7,13H,8H2,1H3. The van der Waals surface area contributed by atoms with E-state index in [1.54, 1.807) is 7.11 Å². The van der Waals surface area contributed by atoms with Crippen molar-refractivity contribution >= 4 is 10.8 Å². The molecule has 0 heterocycles. The largest absolute Gasteiger partial charge is 0.496 e. The van der Waals surface area contributed by atoms with Gasteiger partial charge in [-0.15, -0.1) is 0 Å². The minimum atomic E-state index is 0.366. The molecule has 76 valence electrons. The maximum absolute atomic E-state index is 6.96. The lowest BCUT2D eigenvalue weighted by atomic mass is 10.0. The molecule has 2 aromatic rings. The fraction of sp³-hybridized carbons (Fsp3) is 0.167. The molecule has 15 heavy (non-hydrogen) atoms. The van der Waals surface area contributed by atoms with Crippen LogP contribution in [0.15, 0.2) is 41.5 Å². The number of nitrogens with one attached hydrogen (secondary N) is 1. The first-order chi connectivity index (χ1) is 7.36. The Morgan fingerprint density at radius 1 is 1.20 bits per heavy atom. The number of hydrogen-bond donors (Lipinski definition) is 1. The first-order valence-corrected chi connectivity index (χ1v) is 4.74. The molecular weight excluding hydrogens is 188 g/mol. The molecule has 2 aromatic carbocycles. The number of ether oxygens (including phenoxy) is 1. The predicted molar refractivity (Wildman–Crippen MR) is 59.4 cm³/mol. The van der Waals surface area contributed by atoms with E-state index < -0.39 is 0 Å². The van der Waals surface area contributed by atoms with Crippen molar-refractivity contribution in [1.82, 2.24) is 0 Å². The molecular formula is C12H12N2O. The van der Waals surface area contributed by atoms with E-state index in [2.05, 4.69) is 5.11 Å². The maximum Gasteiger partial charge on any atom is 0.124 e. The lowest BCUT2D eigenvalue weighted by Crippen LogP contribution is -1.92. The third-order valence-electron chi connectivity index (χ3n) is 2.45. The highest BCUT2D eigenvalue weighted by Crippen LogP contribution is 2.28. The topological polar surface area (TPSA) is 45.4 Å². The van der Waals surface area contributed by atoms with E-state index in [9.17, 15) is 0 Å². The summed E-state index contributed by atoms with van der Waals surface area (Å²) in [6, 6.07) is 12.0. The number of rotatable bonds is 3. The molecule has 0 unspecified atom stereocenters. The van der Waals surface area contributed by atoms with E-state index in [0.29, 0.717) is 6.54 Å². The molecule has 0 saturated heterocycles. The molecule has 0 amide bonds. The summed E-state index contributed by atoms with van der Waals surface area (Å²) in [7, 11) is 1.64. The first-order valence-electron chi connectivity index (χ1n) is 4.74. The van der Waals surface area contributed by atoms with Crippen molar-refractivity contribution in [2.24, 2.45) is 5.11 Å². The van der Waals surface area contributed by atoms with Gasteiger partial charge in [0.25, 0.3) is 0 Å². The average Bonchev–Trinajstić information content (AvgIpc) is 2.30. The number of benzene rings is 2. The summed E-state index contributed by atoms with van der Waals surface area (Å²) in [5, 5.41) is 5.69. The van der Waals surface area contributed by atoms with Crippen LogP contribution in [0.1, 0.15) is 5.56 Å². The highest BCUT2D eigenvalue weighted by molar-refractivity contribution is 5.87. The normalized spacial score (nSPS) is 10.2. The van der Waals surface area contributed by atoms with Crippen molar-refractivity contribution in [3.05, 3.63) is 42.0 Å². The Balaban J connectivity index is 2.72. The van der Waals surface area contributed by atoms with E-state index in [-0.39, 0.29) is 0 Å².